The smallest absolute Gasteiger partial charge is 0.398 e. The van der Waals surface area contributed by atoms with Crippen LogP contribution in [0.2, 0.25) is 0 Å². The molecule has 0 aliphatic carbocycles. The number of nitrogens with two attached hydrogens (primary N) is 1. The van der Waals surface area contributed by atoms with Gasteiger partial charge in [0.15, 0.2) is 0 Å². The molecule has 0 saturated carbocycles. The Labute approximate surface area is 90.5 Å². The van der Waals surface area contributed by atoms with Gasteiger partial charge in [-0.05, 0) is 12.1 Å². The van der Waals surface area contributed by atoms with Crippen LogP contribution in [0, 0.1) is 20.2 Å². The molecule has 0 aromatic heterocycles. The minimum absolute atomic E-state index is 0.0178. The van der Waals surface area contributed by atoms with Crippen molar-refractivity contribution in [1.82, 2.24) is 0 Å². The molecule has 2 N–H and O–H groups in total. The van der Waals surface area contributed by atoms with Gasteiger partial charge in [0.1, 0.15) is 15.4 Å². The standard InChI is InChI=1S/C9H9N3O4/c1-2-9(11(13)14,12(15)16)7-5-3-4-6-8(7)10/h2-6H,1,10H2. The maximum atomic E-state index is 10.9. The molecule has 0 heterocycles. The van der Waals surface area contributed by atoms with Crippen molar-refractivity contribution in [3.63, 3.8) is 0 Å². The molecule has 0 saturated heterocycles. The highest BCUT2D eigenvalue weighted by molar-refractivity contribution is 5.49. The van der Waals surface area contributed by atoms with Gasteiger partial charge in [-0.3, -0.25) is 20.2 Å². The Morgan fingerprint density at radius 1 is 1.25 bits per heavy atom. The van der Waals surface area contributed by atoms with Crippen LogP contribution in [-0.2, 0) is 5.66 Å². The first-order valence-electron chi connectivity index (χ1n) is 4.24. The number of nitro groups is 2. The van der Waals surface area contributed by atoms with Crippen LogP contribution in [0.5, 0.6) is 0 Å². The summed E-state index contributed by atoms with van der Waals surface area (Å²) >= 11 is 0. The fraction of sp³-hybridized carbons (Fsp3) is 0.111. The van der Waals surface area contributed by atoms with E-state index >= 15 is 0 Å². The molecule has 1 rings (SSSR count). The number of hydrogen-bond donors (Lipinski definition) is 1. The predicted molar refractivity (Wildman–Crippen MR) is 56.7 cm³/mol. The second kappa shape index (κ2) is 3.97. The third kappa shape index (κ3) is 1.48. The zero-order valence-electron chi connectivity index (χ0n) is 8.20. The van der Waals surface area contributed by atoms with Crippen LogP contribution in [0.4, 0.5) is 5.69 Å². The number of nitrogens with zero attached hydrogens (tertiary/aromatic N) is 2. The lowest BCUT2D eigenvalue weighted by Crippen LogP contribution is -2.41. The molecule has 0 amide bonds. The normalized spacial score (nSPS) is 10.8. The summed E-state index contributed by atoms with van der Waals surface area (Å²) in [4.78, 5) is 19.7. The number of rotatable bonds is 4. The van der Waals surface area contributed by atoms with E-state index in [0.29, 0.717) is 6.08 Å². The molecular weight excluding hydrogens is 214 g/mol. The lowest BCUT2D eigenvalue weighted by molar-refractivity contribution is -0.793. The first-order chi connectivity index (χ1) is 7.46. The largest absolute Gasteiger partial charge is 0.505 e. The van der Waals surface area contributed by atoms with Gasteiger partial charge in [0.05, 0.1) is 6.08 Å². The molecule has 0 fully saturated rings. The summed E-state index contributed by atoms with van der Waals surface area (Å²) in [5.41, 5.74) is 2.70. The Kier molecular flexibility index (Phi) is 2.89. The highest BCUT2D eigenvalue weighted by Crippen LogP contribution is 2.31. The van der Waals surface area contributed by atoms with E-state index in [1.54, 1.807) is 0 Å². The first kappa shape index (κ1) is 11.6. The monoisotopic (exact) mass is 223 g/mol. The molecular formula is C9H9N3O4. The van der Waals surface area contributed by atoms with E-state index in [4.69, 9.17) is 5.73 Å². The lowest BCUT2D eigenvalue weighted by atomic mass is 9.99. The van der Waals surface area contributed by atoms with Crippen molar-refractivity contribution in [2.45, 2.75) is 5.66 Å². The average Bonchev–Trinajstić information content (AvgIpc) is 2.21. The minimum atomic E-state index is -2.59. The number of nitrogen functional groups attached to an aromatic ring is 1. The van der Waals surface area contributed by atoms with Gasteiger partial charge in [-0.1, -0.05) is 18.7 Å². The SMILES string of the molecule is C=CC(c1ccccc1N)([N+](=O)[O-])[N+](=O)[O-]. The predicted octanol–water partition coefficient (Wildman–Crippen LogP) is 1.16. The summed E-state index contributed by atoms with van der Waals surface area (Å²) in [5.74, 6) is 0. The number of hydrogen-bond acceptors (Lipinski definition) is 5. The number of anilines is 1. The third-order valence-electron chi connectivity index (χ3n) is 2.20. The molecule has 0 aliphatic rings. The van der Waals surface area contributed by atoms with Gasteiger partial charge in [0.25, 0.3) is 0 Å². The van der Waals surface area contributed by atoms with E-state index in [1.165, 1.54) is 24.3 Å². The van der Waals surface area contributed by atoms with Gasteiger partial charge in [-0.15, -0.1) is 0 Å². The second-order valence-electron chi connectivity index (χ2n) is 3.03. The topological polar surface area (TPSA) is 112 Å². The fourth-order valence-corrected chi connectivity index (χ4v) is 1.35. The zero-order valence-corrected chi connectivity index (χ0v) is 8.20. The Morgan fingerprint density at radius 3 is 2.12 bits per heavy atom. The maximum Gasteiger partial charge on any atom is 0.505 e. The van der Waals surface area contributed by atoms with Crippen molar-refractivity contribution in [2.75, 3.05) is 5.73 Å². The fourth-order valence-electron chi connectivity index (χ4n) is 1.35. The quantitative estimate of drug-likeness (QED) is 0.270. The summed E-state index contributed by atoms with van der Waals surface area (Å²) in [5, 5.41) is 21.8. The highest BCUT2D eigenvalue weighted by Gasteiger charge is 2.56. The van der Waals surface area contributed by atoms with Crippen molar-refractivity contribution in [2.24, 2.45) is 0 Å². The molecule has 0 radical (unpaired) electrons. The second-order valence-corrected chi connectivity index (χ2v) is 3.03. The minimum Gasteiger partial charge on any atom is -0.398 e. The first-order valence-corrected chi connectivity index (χ1v) is 4.24. The summed E-state index contributed by atoms with van der Waals surface area (Å²) < 4.78 is 0. The van der Waals surface area contributed by atoms with Gasteiger partial charge in [-0.2, -0.15) is 0 Å². The van der Waals surface area contributed by atoms with Crippen molar-refractivity contribution in [3.8, 4) is 0 Å². The van der Waals surface area contributed by atoms with Crippen molar-refractivity contribution in [1.29, 1.82) is 0 Å². The lowest BCUT2D eigenvalue weighted by Gasteiger charge is -2.14. The van der Waals surface area contributed by atoms with Crippen molar-refractivity contribution < 1.29 is 9.85 Å². The number of benzene rings is 1. The summed E-state index contributed by atoms with van der Waals surface area (Å²) in [6.07, 6.45) is 0.665. The molecule has 0 bridgehead atoms. The molecule has 1 aromatic carbocycles. The van der Waals surface area contributed by atoms with Crippen LogP contribution < -0.4 is 5.73 Å². The van der Waals surface area contributed by atoms with Crippen molar-refractivity contribution >= 4 is 5.69 Å². The van der Waals surface area contributed by atoms with E-state index in [2.05, 4.69) is 6.58 Å². The van der Waals surface area contributed by atoms with Gasteiger partial charge >= 0.3 is 5.66 Å². The van der Waals surface area contributed by atoms with Crippen LogP contribution in [-0.4, -0.2) is 9.85 Å². The summed E-state index contributed by atoms with van der Waals surface area (Å²) in [7, 11) is 0. The van der Waals surface area contributed by atoms with Gasteiger partial charge in [0, 0.05) is 5.69 Å². The van der Waals surface area contributed by atoms with Crippen LogP contribution in [0.3, 0.4) is 0 Å². The van der Waals surface area contributed by atoms with Crippen LogP contribution >= 0.6 is 0 Å². The van der Waals surface area contributed by atoms with Gasteiger partial charge in [-0.25, -0.2) is 0 Å². The highest BCUT2D eigenvalue weighted by atomic mass is 16.7. The van der Waals surface area contributed by atoms with E-state index in [1.807, 2.05) is 0 Å². The molecule has 84 valence electrons. The average molecular weight is 223 g/mol. The van der Waals surface area contributed by atoms with Gasteiger partial charge in [0.2, 0.25) is 0 Å². The molecule has 0 unspecified atom stereocenters. The third-order valence-corrected chi connectivity index (χ3v) is 2.20. The van der Waals surface area contributed by atoms with Gasteiger partial charge < -0.3 is 5.73 Å². The molecule has 16 heavy (non-hydrogen) atoms. The summed E-state index contributed by atoms with van der Waals surface area (Å²) in [6.45, 7) is 3.15. The Morgan fingerprint density at radius 2 is 1.75 bits per heavy atom. The van der Waals surface area contributed by atoms with Crippen molar-refractivity contribution in [3.05, 3.63) is 62.7 Å². The van der Waals surface area contributed by atoms with Crippen LogP contribution in [0.15, 0.2) is 36.9 Å². The van der Waals surface area contributed by atoms with Crippen LogP contribution in [0.1, 0.15) is 5.56 Å². The van der Waals surface area contributed by atoms with E-state index in [0.717, 1.165) is 0 Å². The van der Waals surface area contributed by atoms with E-state index in [-0.39, 0.29) is 11.3 Å². The molecule has 7 heteroatoms. The Hall–Kier alpha value is -2.44. The van der Waals surface area contributed by atoms with Crippen LogP contribution in [0.25, 0.3) is 0 Å². The molecule has 0 spiro atoms. The molecule has 0 aliphatic heterocycles. The molecule has 1 aromatic rings. The zero-order chi connectivity index (χ0) is 12.3. The van der Waals surface area contributed by atoms with E-state index < -0.39 is 15.5 Å². The maximum absolute atomic E-state index is 10.9. The summed E-state index contributed by atoms with van der Waals surface area (Å²) in [6, 6.07) is 5.58. The number of para-hydroxylation sites is 1. The molecule has 0 atom stereocenters. The molecule has 7 nitrogen and oxygen atoms in total. The Bertz CT molecular complexity index is 444. The Balaban J connectivity index is 3.55. The van der Waals surface area contributed by atoms with E-state index in [9.17, 15) is 20.2 Å².